The lowest BCUT2D eigenvalue weighted by Gasteiger charge is -2.24. The number of nitro groups is 1. The first-order valence-corrected chi connectivity index (χ1v) is 5.76. The van der Waals surface area contributed by atoms with Crippen LogP contribution in [0, 0.1) is 10.1 Å². The van der Waals surface area contributed by atoms with Crippen LogP contribution in [0.2, 0.25) is 0 Å². The highest BCUT2D eigenvalue weighted by Gasteiger charge is 2.24. The molecule has 0 radical (unpaired) electrons. The molecule has 104 valence electrons. The minimum absolute atomic E-state index is 0.159. The molecule has 0 heterocycles. The summed E-state index contributed by atoms with van der Waals surface area (Å²) in [7, 11) is 0. The van der Waals surface area contributed by atoms with Gasteiger partial charge in [-0.25, -0.2) is 0 Å². The van der Waals surface area contributed by atoms with E-state index in [-0.39, 0.29) is 22.8 Å². The average Bonchev–Trinajstić information content (AvgIpc) is 2.37. The molecule has 0 saturated heterocycles. The molecular formula is C12H17N3O4. The van der Waals surface area contributed by atoms with E-state index in [0.29, 0.717) is 6.42 Å². The number of hydrogen-bond acceptors (Lipinski definition) is 5. The van der Waals surface area contributed by atoms with Crippen LogP contribution >= 0.6 is 0 Å². The Morgan fingerprint density at radius 2 is 2.21 bits per heavy atom. The van der Waals surface area contributed by atoms with Gasteiger partial charge < -0.3 is 15.7 Å². The molecule has 1 rings (SSSR count). The number of benzene rings is 1. The van der Waals surface area contributed by atoms with E-state index in [1.165, 1.54) is 18.2 Å². The zero-order chi connectivity index (χ0) is 14.6. The van der Waals surface area contributed by atoms with Gasteiger partial charge in [-0.05, 0) is 32.4 Å². The minimum Gasteiger partial charge on any atom is -0.481 e. The summed E-state index contributed by atoms with van der Waals surface area (Å²) in [5.74, 6) is -0.0317. The van der Waals surface area contributed by atoms with Crippen LogP contribution in [0.3, 0.4) is 0 Å². The molecule has 3 N–H and O–H groups in total. The maximum atomic E-state index is 11.0. The third-order valence-corrected chi connectivity index (χ3v) is 2.80. The first-order chi connectivity index (χ1) is 8.80. The maximum Gasteiger partial charge on any atom is 0.311 e. The largest absolute Gasteiger partial charge is 0.481 e. The number of nitrogens with zero attached hydrogens (tertiary/aromatic N) is 2. The summed E-state index contributed by atoms with van der Waals surface area (Å²) >= 11 is 0. The molecule has 0 aliphatic carbocycles. The van der Waals surface area contributed by atoms with Crippen molar-refractivity contribution in [3.05, 3.63) is 33.9 Å². The normalized spacial score (nSPS) is 12.3. The van der Waals surface area contributed by atoms with Gasteiger partial charge in [-0.3, -0.25) is 10.1 Å². The van der Waals surface area contributed by atoms with Crippen molar-refractivity contribution in [3.63, 3.8) is 0 Å². The van der Waals surface area contributed by atoms with E-state index in [9.17, 15) is 10.1 Å². The molecule has 0 bridgehead atoms. The number of hydrogen-bond donors (Lipinski definition) is 2. The van der Waals surface area contributed by atoms with Crippen molar-refractivity contribution in [1.82, 2.24) is 0 Å². The molecular weight excluding hydrogens is 250 g/mol. The molecule has 0 atom stereocenters. The Bertz CT molecular complexity index is 512. The van der Waals surface area contributed by atoms with Crippen molar-refractivity contribution in [2.45, 2.75) is 32.8 Å². The Kier molecular flexibility index (Phi) is 4.31. The molecule has 19 heavy (non-hydrogen) atoms. The summed E-state index contributed by atoms with van der Waals surface area (Å²) in [5.41, 5.74) is 4.94. The Labute approximate surface area is 110 Å². The Morgan fingerprint density at radius 1 is 1.58 bits per heavy atom. The van der Waals surface area contributed by atoms with Gasteiger partial charge >= 0.3 is 5.69 Å². The third kappa shape index (κ3) is 3.57. The highest BCUT2D eigenvalue weighted by molar-refractivity contribution is 5.97. The number of nitro benzene ring substituents is 1. The minimum atomic E-state index is -0.560. The quantitative estimate of drug-likeness (QED) is 0.279. The molecule has 0 unspecified atom stereocenters. The van der Waals surface area contributed by atoms with Crippen molar-refractivity contribution >= 4 is 11.5 Å². The fourth-order valence-electron chi connectivity index (χ4n) is 1.33. The van der Waals surface area contributed by atoms with E-state index in [1.54, 1.807) is 0 Å². The first kappa shape index (κ1) is 14.7. The summed E-state index contributed by atoms with van der Waals surface area (Å²) in [6.07, 6.45) is 0.701. The highest BCUT2D eigenvalue weighted by Crippen LogP contribution is 2.31. The number of rotatable bonds is 5. The van der Waals surface area contributed by atoms with Gasteiger partial charge in [0.25, 0.3) is 0 Å². The fraction of sp³-hybridized carbons (Fsp3) is 0.417. The SMILES string of the molecule is CCC(C)(C)Oc1ccc(C(N)=NO)cc1[N+](=O)[O-]. The second kappa shape index (κ2) is 5.55. The van der Waals surface area contributed by atoms with E-state index in [4.69, 9.17) is 15.7 Å². The molecule has 0 fully saturated rings. The van der Waals surface area contributed by atoms with Gasteiger partial charge in [0.15, 0.2) is 11.6 Å². The lowest BCUT2D eigenvalue weighted by atomic mass is 10.1. The van der Waals surface area contributed by atoms with Crippen LogP contribution in [0.15, 0.2) is 23.4 Å². The van der Waals surface area contributed by atoms with Crippen molar-refractivity contribution in [2.75, 3.05) is 0 Å². The molecule has 0 saturated carbocycles. The van der Waals surface area contributed by atoms with Gasteiger partial charge in [-0.15, -0.1) is 0 Å². The van der Waals surface area contributed by atoms with Gasteiger partial charge in [0.1, 0.15) is 5.60 Å². The van der Waals surface area contributed by atoms with Crippen molar-refractivity contribution in [2.24, 2.45) is 10.9 Å². The van der Waals surface area contributed by atoms with Crippen LogP contribution in [-0.2, 0) is 0 Å². The summed E-state index contributed by atoms with van der Waals surface area (Å²) in [6, 6.07) is 4.17. The number of oxime groups is 1. The van der Waals surface area contributed by atoms with Gasteiger partial charge in [0.2, 0.25) is 0 Å². The Morgan fingerprint density at radius 3 is 2.68 bits per heavy atom. The predicted octanol–water partition coefficient (Wildman–Crippen LogP) is 2.26. The van der Waals surface area contributed by atoms with Crippen LogP contribution in [-0.4, -0.2) is 21.6 Å². The van der Waals surface area contributed by atoms with Crippen molar-refractivity contribution < 1.29 is 14.9 Å². The summed E-state index contributed by atoms with van der Waals surface area (Å²) in [6.45, 7) is 5.61. The summed E-state index contributed by atoms with van der Waals surface area (Å²) < 4.78 is 5.63. The van der Waals surface area contributed by atoms with Crippen LogP contribution in [0.5, 0.6) is 5.75 Å². The zero-order valence-electron chi connectivity index (χ0n) is 11.1. The van der Waals surface area contributed by atoms with Gasteiger partial charge in [0, 0.05) is 11.6 Å². The van der Waals surface area contributed by atoms with Gasteiger partial charge in [-0.2, -0.15) is 0 Å². The first-order valence-electron chi connectivity index (χ1n) is 5.76. The fourth-order valence-corrected chi connectivity index (χ4v) is 1.33. The van der Waals surface area contributed by atoms with Crippen molar-refractivity contribution in [3.8, 4) is 5.75 Å². The van der Waals surface area contributed by atoms with E-state index in [0.717, 1.165) is 0 Å². The lowest BCUT2D eigenvalue weighted by molar-refractivity contribution is -0.386. The van der Waals surface area contributed by atoms with E-state index >= 15 is 0 Å². The Hall–Kier alpha value is -2.31. The van der Waals surface area contributed by atoms with Crippen LogP contribution < -0.4 is 10.5 Å². The maximum absolute atomic E-state index is 11.0. The van der Waals surface area contributed by atoms with Crippen LogP contribution in [0.4, 0.5) is 5.69 Å². The lowest BCUT2D eigenvalue weighted by Crippen LogP contribution is -2.27. The molecule has 0 amide bonds. The number of nitrogens with two attached hydrogens (primary N) is 1. The molecule has 1 aromatic carbocycles. The van der Waals surface area contributed by atoms with E-state index in [1.807, 2.05) is 20.8 Å². The average molecular weight is 267 g/mol. The molecule has 0 aliphatic heterocycles. The van der Waals surface area contributed by atoms with Gasteiger partial charge in [-0.1, -0.05) is 12.1 Å². The van der Waals surface area contributed by atoms with Crippen molar-refractivity contribution in [1.29, 1.82) is 0 Å². The molecule has 7 heteroatoms. The van der Waals surface area contributed by atoms with Gasteiger partial charge in [0.05, 0.1) is 4.92 Å². The monoisotopic (exact) mass is 267 g/mol. The zero-order valence-corrected chi connectivity index (χ0v) is 11.1. The number of amidine groups is 1. The molecule has 0 aromatic heterocycles. The van der Waals surface area contributed by atoms with Crippen LogP contribution in [0.1, 0.15) is 32.8 Å². The molecule has 1 aromatic rings. The highest BCUT2D eigenvalue weighted by atomic mass is 16.6. The standard InChI is InChI=1S/C12H17N3O4/c1-4-12(2,3)19-10-6-5-8(11(13)14-16)7-9(10)15(17)18/h5-7,16H,4H2,1-3H3,(H2,13,14). The molecule has 7 nitrogen and oxygen atoms in total. The van der Waals surface area contributed by atoms with Crippen LogP contribution in [0.25, 0.3) is 0 Å². The predicted molar refractivity (Wildman–Crippen MR) is 70.6 cm³/mol. The topological polar surface area (TPSA) is 111 Å². The van der Waals surface area contributed by atoms with E-state index in [2.05, 4.69) is 5.16 Å². The van der Waals surface area contributed by atoms with E-state index < -0.39 is 10.5 Å². The second-order valence-corrected chi connectivity index (χ2v) is 4.64. The third-order valence-electron chi connectivity index (χ3n) is 2.80. The second-order valence-electron chi connectivity index (χ2n) is 4.64. The number of ether oxygens (including phenoxy) is 1. The Balaban J connectivity index is 3.23. The summed E-state index contributed by atoms with van der Waals surface area (Å²) in [4.78, 5) is 10.5. The summed E-state index contributed by atoms with van der Waals surface area (Å²) in [5, 5.41) is 22.4. The smallest absolute Gasteiger partial charge is 0.311 e. The molecule has 0 spiro atoms. The molecule has 0 aliphatic rings.